The fraction of sp³-hybridized carbons (Fsp3) is 0.571. The molecular formula is C14H19NO4. The average molecular weight is 265 g/mol. The van der Waals surface area contributed by atoms with Gasteiger partial charge in [-0.3, -0.25) is 0 Å². The highest BCUT2D eigenvalue weighted by Crippen LogP contribution is 2.33. The Labute approximate surface area is 112 Å². The molecule has 1 unspecified atom stereocenters. The minimum atomic E-state index is -1.18. The number of benzene rings is 1. The molecule has 2 heterocycles. The minimum Gasteiger partial charge on any atom is -0.388 e. The molecule has 5 nitrogen and oxygen atoms in total. The lowest BCUT2D eigenvalue weighted by molar-refractivity contribution is -0.216. The molecule has 0 spiro atoms. The molecule has 2 aliphatic rings. The van der Waals surface area contributed by atoms with Crippen LogP contribution in [0.4, 0.5) is 5.69 Å². The van der Waals surface area contributed by atoms with Gasteiger partial charge in [-0.2, -0.15) is 0 Å². The highest BCUT2D eigenvalue weighted by Gasteiger charge is 2.45. The van der Waals surface area contributed by atoms with Gasteiger partial charge in [0.2, 0.25) is 0 Å². The van der Waals surface area contributed by atoms with Crippen molar-refractivity contribution in [1.29, 1.82) is 0 Å². The Kier molecular flexibility index (Phi) is 3.22. The summed E-state index contributed by atoms with van der Waals surface area (Å²) in [6, 6.07) is 7.97. The van der Waals surface area contributed by atoms with E-state index in [-0.39, 0.29) is 0 Å². The quantitative estimate of drug-likeness (QED) is 0.660. The van der Waals surface area contributed by atoms with E-state index < -0.39 is 30.6 Å². The number of fused-ring (bicyclic) bond motifs is 1. The Bertz CT molecular complexity index is 467. The second kappa shape index (κ2) is 4.76. The van der Waals surface area contributed by atoms with E-state index in [9.17, 15) is 15.3 Å². The molecule has 0 aromatic heterocycles. The summed E-state index contributed by atoms with van der Waals surface area (Å²) in [6.07, 6.45) is -3.56. The van der Waals surface area contributed by atoms with Gasteiger partial charge in [0, 0.05) is 12.2 Å². The van der Waals surface area contributed by atoms with E-state index in [0.717, 1.165) is 18.7 Å². The standard InChI is InChI=1S/C14H19NO4/c1-8-11(16)12(17)13(18)14(19-8)15-7-6-9-4-2-3-5-10(9)15/h2-5,8,11-14,16-18H,6-7H2,1H3/t8-,11-,12+,13+,14?/m0/s1. The number of nitrogens with zero attached hydrogens (tertiary/aromatic N) is 1. The van der Waals surface area contributed by atoms with Gasteiger partial charge in [-0.1, -0.05) is 18.2 Å². The van der Waals surface area contributed by atoms with E-state index >= 15 is 0 Å². The number of ether oxygens (including phenoxy) is 1. The molecule has 3 rings (SSSR count). The maximum atomic E-state index is 10.1. The molecule has 1 aromatic rings. The number of para-hydroxylation sites is 1. The smallest absolute Gasteiger partial charge is 0.159 e. The van der Waals surface area contributed by atoms with E-state index in [0.29, 0.717) is 0 Å². The molecule has 104 valence electrons. The summed E-state index contributed by atoms with van der Waals surface area (Å²) in [6.45, 7) is 2.45. The van der Waals surface area contributed by atoms with Gasteiger partial charge in [0.25, 0.3) is 0 Å². The molecule has 1 fully saturated rings. The molecule has 1 saturated heterocycles. The number of anilines is 1. The van der Waals surface area contributed by atoms with Crippen LogP contribution < -0.4 is 4.90 Å². The normalized spacial score (nSPS) is 38.3. The third-order valence-corrected chi connectivity index (χ3v) is 4.06. The van der Waals surface area contributed by atoms with Crippen molar-refractivity contribution in [2.24, 2.45) is 0 Å². The number of hydrogen-bond acceptors (Lipinski definition) is 5. The topological polar surface area (TPSA) is 73.2 Å². The van der Waals surface area contributed by atoms with Crippen LogP contribution in [-0.4, -0.2) is 52.5 Å². The van der Waals surface area contributed by atoms with Gasteiger partial charge in [0.05, 0.1) is 6.10 Å². The molecule has 0 amide bonds. The molecular weight excluding hydrogens is 246 g/mol. The zero-order valence-corrected chi connectivity index (χ0v) is 10.8. The predicted molar refractivity (Wildman–Crippen MR) is 69.8 cm³/mol. The molecule has 2 aliphatic heterocycles. The van der Waals surface area contributed by atoms with Crippen LogP contribution in [0.5, 0.6) is 0 Å². The summed E-state index contributed by atoms with van der Waals surface area (Å²) >= 11 is 0. The van der Waals surface area contributed by atoms with Gasteiger partial charge in [-0.05, 0) is 25.0 Å². The summed E-state index contributed by atoms with van der Waals surface area (Å²) in [7, 11) is 0. The summed E-state index contributed by atoms with van der Waals surface area (Å²) in [5.74, 6) is 0. The Hall–Kier alpha value is -1.14. The second-order valence-electron chi connectivity index (χ2n) is 5.28. The fourth-order valence-corrected chi connectivity index (χ4v) is 2.92. The highest BCUT2D eigenvalue weighted by atomic mass is 16.5. The van der Waals surface area contributed by atoms with Crippen molar-refractivity contribution in [2.45, 2.75) is 44.0 Å². The van der Waals surface area contributed by atoms with E-state index in [1.165, 1.54) is 5.56 Å². The highest BCUT2D eigenvalue weighted by molar-refractivity contribution is 5.58. The summed E-state index contributed by atoms with van der Waals surface area (Å²) < 4.78 is 5.69. The Morgan fingerprint density at radius 3 is 2.63 bits per heavy atom. The molecule has 0 aliphatic carbocycles. The van der Waals surface area contributed by atoms with Gasteiger partial charge < -0.3 is 25.0 Å². The first-order chi connectivity index (χ1) is 9.09. The Morgan fingerprint density at radius 2 is 1.84 bits per heavy atom. The summed E-state index contributed by atoms with van der Waals surface area (Å²) in [5.41, 5.74) is 2.24. The maximum absolute atomic E-state index is 10.1. The molecule has 0 bridgehead atoms. The van der Waals surface area contributed by atoms with Crippen LogP contribution in [0.1, 0.15) is 12.5 Å². The lowest BCUT2D eigenvalue weighted by Crippen LogP contribution is -2.61. The predicted octanol–water partition coefficient (Wildman–Crippen LogP) is -0.123. The van der Waals surface area contributed by atoms with Crippen LogP contribution in [0, 0.1) is 0 Å². The number of aliphatic hydroxyl groups is 3. The average Bonchev–Trinajstić information content (AvgIpc) is 2.84. The Morgan fingerprint density at radius 1 is 1.11 bits per heavy atom. The molecule has 0 radical (unpaired) electrons. The second-order valence-corrected chi connectivity index (χ2v) is 5.28. The zero-order chi connectivity index (χ0) is 13.6. The molecule has 0 saturated carbocycles. The van der Waals surface area contributed by atoms with Crippen molar-refractivity contribution < 1.29 is 20.1 Å². The fourth-order valence-electron chi connectivity index (χ4n) is 2.92. The van der Waals surface area contributed by atoms with Gasteiger partial charge in [-0.25, -0.2) is 0 Å². The van der Waals surface area contributed by atoms with Crippen LogP contribution >= 0.6 is 0 Å². The monoisotopic (exact) mass is 265 g/mol. The SMILES string of the molecule is C[C@@H]1OC(N2CCc3ccccc32)[C@H](O)[C@H](O)[C@H]1O. The largest absolute Gasteiger partial charge is 0.388 e. The number of hydrogen-bond donors (Lipinski definition) is 3. The van der Waals surface area contributed by atoms with Crippen molar-refractivity contribution >= 4 is 5.69 Å². The number of rotatable bonds is 1. The first-order valence-corrected chi connectivity index (χ1v) is 6.64. The van der Waals surface area contributed by atoms with Crippen molar-refractivity contribution in [3.63, 3.8) is 0 Å². The zero-order valence-electron chi connectivity index (χ0n) is 10.8. The van der Waals surface area contributed by atoms with Crippen molar-refractivity contribution in [1.82, 2.24) is 0 Å². The van der Waals surface area contributed by atoms with Crippen molar-refractivity contribution in [3.8, 4) is 0 Å². The van der Waals surface area contributed by atoms with Gasteiger partial charge >= 0.3 is 0 Å². The Balaban J connectivity index is 1.87. The third-order valence-electron chi connectivity index (χ3n) is 4.06. The third kappa shape index (κ3) is 2.03. The van der Waals surface area contributed by atoms with Crippen molar-refractivity contribution in [2.75, 3.05) is 11.4 Å². The van der Waals surface area contributed by atoms with E-state index in [4.69, 9.17) is 4.74 Å². The van der Waals surface area contributed by atoms with Gasteiger partial charge in [0.15, 0.2) is 6.23 Å². The van der Waals surface area contributed by atoms with Crippen LogP contribution in [0.2, 0.25) is 0 Å². The van der Waals surface area contributed by atoms with Crippen molar-refractivity contribution in [3.05, 3.63) is 29.8 Å². The van der Waals surface area contributed by atoms with Crippen LogP contribution in [-0.2, 0) is 11.2 Å². The molecule has 3 N–H and O–H groups in total. The first-order valence-electron chi connectivity index (χ1n) is 6.64. The molecule has 19 heavy (non-hydrogen) atoms. The van der Waals surface area contributed by atoms with Crippen LogP contribution in [0.25, 0.3) is 0 Å². The minimum absolute atomic E-state index is 0.504. The molecule has 5 atom stereocenters. The van der Waals surface area contributed by atoms with E-state index in [1.807, 2.05) is 23.1 Å². The van der Waals surface area contributed by atoms with Crippen LogP contribution in [0.3, 0.4) is 0 Å². The van der Waals surface area contributed by atoms with E-state index in [2.05, 4.69) is 6.07 Å². The summed E-state index contributed by atoms with van der Waals surface area (Å²) in [5, 5.41) is 29.7. The maximum Gasteiger partial charge on any atom is 0.159 e. The van der Waals surface area contributed by atoms with Crippen LogP contribution in [0.15, 0.2) is 24.3 Å². The van der Waals surface area contributed by atoms with Gasteiger partial charge in [-0.15, -0.1) is 0 Å². The lowest BCUT2D eigenvalue weighted by atomic mass is 9.98. The van der Waals surface area contributed by atoms with E-state index in [1.54, 1.807) is 6.92 Å². The first kappa shape index (κ1) is 12.9. The summed E-state index contributed by atoms with van der Waals surface area (Å²) in [4.78, 5) is 1.96. The number of aliphatic hydroxyl groups excluding tert-OH is 3. The molecule has 5 heteroatoms. The molecule has 1 aromatic carbocycles. The van der Waals surface area contributed by atoms with Gasteiger partial charge in [0.1, 0.15) is 18.3 Å². The lowest BCUT2D eigenvalue weighted by Gasteiger charge is -2.43.